The molecule has 2 N–H and O–H groups in total. The van der Waals surface area contributed by atoms with Crippen LogP contribution in [0.1, 0.15) is 23.2 Å². The smallest absolute Gasteiger partial charge is 0.220 e. The zero-order valence-electron chi connectivity index (χ0n) is 13.0. The summed E-state index contributed by atoms with van der Waals surface area (Å²) in [5.74, 6) is 1.44. The number of nitrogens with one attached hydrogen (secondary N) is 2. The van der Waals surface area contributed by atoms with Crippen LogP contribution in [0.5, 0.6) is 11.5 Å². The fraction of sp³-hybridized carbons (Fsp3) is 0.500. The van der Waals surface area contributed by atoms with Crippen molar-refractivity contribution in [2.24, 2.45) is 5.92 Å². The minimum atomic E-state index is -0.0827. The van der Waals surface area contributed by atoms with E-state index in [1.54, 1.807) is 25.3 Å². The number of ether oxygens (including phenoxy) is 2. The van der Waals surface area contributed by atoms with Crippen molar-refractivity contribution in [2.75, 3.05) is 33.9 Å². The highest BCUT2D eigenvalue weighted by Crippen LogP contribution is 2.28. The molecule has 0 saturated carbocycles. The van der Waals surface area contributed by atoms with Crippen molar-refractivity contribution in [3.63, 3.8) is 0 Å². The Labute approximate surface area is 130 Å². The molecule has 1 saturated heterocycles. The fourth-order valence-electron chi connectivity index (χ4n) is 2.22. The monoisotopic (exact) mass is 306 g/mol. The summed E-state index contributed by atoms with van der Waals surface area (Å²) in [6.07, 6.45) is 0.386. The van der Waals surface area contributed by atoms with Gasteiger partial charge in [0, 0.05) is 44.0 Å². The van der Waals surface area contributed by atoms with E-state index in [1.807, 2.05) is 0 Å². The van der Waals surface area contributed by atoms with E-state index in [1.165, 1.54) is 7.11 Å². The van der Waals surface area contributed by atoms with Crippen LogP contribution in [-0.2, 0) is 4.79 Å². The SMILES string of the molecule is COc1ccc(C(=O)CCC(=O)NCC2CNC2)cc1OC. The van der Waals surface area contributed by atoms with E-state index in [-0.39, 0.29) is 24.5 Å². The molecule has 1 heterocycles. The number of amides is 1. The average Bonchev–Trinajstić information content (AvgIpc) is 2.50. The Bertz CT molecular complexity index is 541. The minimum absolute atomic E-state index is 0.0820. The van der Waals surface area contributed by atoms with Gasteiger partial charge < -0.3 is 20.1 Å². The topological polar surface area (TPSA) is 76.7 Å². The summed E-state index contributed by atoms with van der Waals surface area (Å²) in [4.78, 5) is 23.9. The van der Waals surface area contributed by atoms with Crippen molar-refractivity contribution in [3.05, 3.63) is 23.8 Å². The Morgan fingerprint density at radius 1 is 1.18 bits per heavy atom. The van der Waals surface area contributed by atoms with Crippen molar-refractivity contribution in [3.8, 4) is 11.5 Å². The molecular formula is C16H22N2O4. The normalized spacial score (nSPS) is 14.1. The highest BCUT2D eigenvalue weighted by molar-refractivity contribution is 5.98. The number of hydrogen-bond acceptors (Lipinski definition) is 5. The van der Waals surface area contributed by atoms with Crippen molar-refractivity contribution >= 4 is 11.7 Å². The van der Waals surface area contributed by atoms with E-state index in [4.69, 9.17) is 9.47 Å². The highest BCUT2D eigenvalue weighted by Gasteiger charge is 2.17. The molecule has 1 amide bonds. The van der Waals surface area contributed by atoms with E-state index in [0.29, 0.717) is 29.5 Å². The van der Waals surface area contributed by atoms with Gasteiger partial charge in [0.2, 0.25) is 5.91 Å². The Kier molecular flexibility index (Phi) is 5.77. The molecule has 6 heteroatoms. The summed E-state index contributed by atoms with van der Waals surface area (Å²) in [6.45, 7) is 2.58. The lowest BCUT2D eigenvalue weighted by atomic mass is 10.0. The van der Waals surface area contributed by atoms with Crippen molar-refractivity contribution in [2.45, 2.75) is 12.8 Å². The number of rotatable bonds is 8. The van der Waals surface area contributed by atoms with Crippen LogP contribution >= 0.6 is 0 Å². The van der Waals surface area contributed by atoms with Gasteiger partial charge in [-0.25, -0.2) is 0 Å². The third-order valence-corrected chi connectivity index (χ3v) is 3.74. The average molecular weight is 306 g/mol. The second kappa shape index (κ2) is 7.79. The van der Waals surface area contributed by atoms with Crippen molar-refractivity contribution < 1.29 is 19.1 Å². The lowest BCUT2D eigenvalue weighted by molar-refractivity contribution is -0.121. The number of benzene rings is 1. The number of hydrogen-bond donors (Lipinski definition) is 2. The first-order valence-electron chi connectivity index (χ1n) is 7.36. The predicted molar refractivity (Wildman–Crippen MR) is 82.5 cm³/mol. The van der Waals surface area contributed by atoms with Crippen LogP contribution in [0.2, 0.25) is 0 Å². The zero-order chi connectivity index (χ0) is 15.9. The molecule has 0 radical (unpaired) electrons. The van der Waals surface area contributed by atoms with Crippen molar-refractivity contribution in [1.29, 1.82) is 0 Å². The molecule has 1 aliphatic rings. The van der Waals surface area contributed by atoms with E-state index in [2.05, 4.69) is 10.6 Å². The second-order valence-electron chi connectivity index (χ2n) is 5.32. The van der Waals surface area contributed by atoms with Crippen molar-refractivity contribution in [1.82, 2.24) is 10.6 Å². The van der Waals surface area contributed by atoms with Crippen LogP contribution in [0.4, 0.5) is 0 Å². The lowest BCUT2D eigenvalue weighted by Crippen LogP contribution is -2.48. The Morgan fingerprint density at radius 3 is 2.50 bits per heavy atom. The molecule has 120 valence electrons. The number of carbonyl (C=O) groups is 2. The van der Waals surface area contributed by atoms with Gasteiger partial charge in [0.1, 0.15) is 0 Å². The summed E-state index contributed by atoms with van der Waals surface area (Å²) in [7, 11) is 3.07. The van der Waals surface area contributed by atoms with Gasteiger partial charge in [-0.15, -0.1) is 0 Å². The molecule has 1 aromatic rings. The van der Waals surface area contributed by atoms with Gasteiger partial charge in [0.15, 0.2) is 17.3 Å². The molecule has 0 unspecified atom stereocenters. The van der Waals surface area contributed by atoms with Gasteiger partial charge in [-0.2, -0.15) is 0 Å². The molecular weight excluding hydrogens is 284 g/mol. The third-order valence-electron chi connectivity index (χ3n) is 3.74. The molecule has 0 aromatic heterocycles. The quantitative estimate of drug-likeness (QED) is 0.701. The van der Waals surface area contributed by atoms with Gasteiger partial charge in [0.25, 0.3) is 0 Å². The number of ketones is 1. The zero-order valence-corrected chi connectivity index (χ0v) is 13.0. The molecule has 1 aliphatic heterocycles. The summed E-state index contributed by atoms with van der Waals surface area (Å²) in [5.41, 5.74) is 0.522. The van der Waals surface area contributed by atoms with Crippen LogP contribution in [0.25, 0.3) is 0 Å². The van der Waals surface area contributed by atoms with Crippen LogP contribution in [0.15, 0.2) is 18.2 Å². The maximum Gasteiger partial charge on any atom is 0.220 e. The molecule has 0 spiro atoms. The Morgan fingerprint density at radius 2 is 1.91 bits per heavy atom. The molecule has 0 bridgehead atoms. The first kappa shape index (κ1) is 16.3. The van der Waals surface area contributed by atoms with E-state index >= 15 is 0 Å². The summed E-state index contributed by atoms with van der Waals surface area (Å²) >= 11 is 0. The maximum absolute atomic E-state index is 12.1. The molecule has 2 rings (SSSR count). The first-order valence-corrected chi connectivity index (χ1v) is 7.36. The summed E-state index contributed by atoms with van der Waals surface area (Å²) in [5, 5.41) is 6.01. The van der Waals surface area contributed by atoms with Crippen LogP contribution < -0.4 is 20.1 Å². The van der Waals surface area contributed by atoms with E-state index in [9.17, 15) is 9.59 Å². The molecule has 1 aromatic carbocycles. The molecule has 22 heavy (non-hydrogen) atoms. The second-order valence-corrected chi connectivity index (χ2v) is 5.32. The Balaban J connectivity index is 1.82. The molecule has 0 atom stereocenters. The summed E-state index contributed by atoms with van der Waals surface area (Å²) in [6, 6.07) is 5.01. The summed E-state index contributed by atoms with van der Waals surface area (Å²) < 4.78 is 10.3. The highest BCUT2D eigenvalue weighted by atomic mass is 16.5. The first-order chi connectivity index (χ1) is 10.6. The van der Waals surface area contributed by atoms with Gasteiger partial charge in [-0.1, -0.05) is 0 Å². The third kappa shape index (κ3) is 4.21. The van der Waals surface area contributed by atoms with Gasteiger partial charge >= 0.3 is 0 Å². The predicted octanol–water partition coefficient (Wildman–Crippen LogP) is 1.00. The molecule has 1 fully saturated rings. The minimum Gasteiger partial charge on any atom is -0.493 e. The van der Waals surface area contributed by atoms with E-state index < -0.39 is 0 Å². The maximum atomic E-state index is 12.1. The standard InChI is InChI=1S/C16H22N2O4/c1-21-14-5-3-12(7-15(14)22-2)13(19)4-6-16(20)18-10-11-8-17-9-11/h3,5,7,11,17H,4,6,8-10H2,1-2H3,(H,18,20). The van der Waals surface area contributed by atoms with Gasteiger partial charge in [0.05, 0.1) is 14.2 Å². The van der Waals surface area contributed by atoms with Crippen LogP contribution in [0.3, 0.4) is 0 Å². The van der Waals surface area contributed by atoms with Gasteiger partial charge in [-0.05, 0) is 18.2 Å². The van der Waals surface area contributed by atoms with Crippen LogP contribution in [-0.4, -0.2) is 45.5 Å². The number of methoxy groups -OCH3 is 2. The van der Waals surface area contributed by atoms with Crippen LogP contribution in [0, 0.1) is 5.92 Å². The molecule has 0 aliphatic carbocycles. The van der Waals surface area contributed by atoms with E-state index in [0.717, 1.165) is 13.1 Å². The largest absolute Gasteiger partial charge is 0.493 e. The number of Topliss-reactive ketones (excluding diaryl/α,β-unsaturated/α-hetero) is 1. The molecule has 6 nitrogen and oxygen atoms in total. The number of carbonyl (C=O) groups excluding carboxylic acids is 2. The lowest BCUT2D eigenvalue weighted by Gasteiger charge is -2.27. The fourth-order valence-corrected chi connectivity index (χ4v) is 2.22. The Hall–Kier alpha value is -2.08. The van der Waals surface area contributed by atoms with Gasteiger partial charge in [-0.3, -0.25) is 9.59 Å².